The number of benzene rings is 2. The molecule has 0 radical (unpaired) electrons. The number of nitrogens with one attached hydrogen (secondary N) is 1. The van der Waals surface area contributed by atoms with Gasteiger partial charge >= 0.3 is 0 Å². The molecule has 0 spiro atoms. The number of amides is 1. The van der Waals surface area contributed by atoms with Gasteiger partial charge in [0.05, 0.1) is 5.69 Å². The largest absolute Gasteiger partial charge is 0.354 e. The quantitative estimate of drug-likeness (QED) is 0.604. The molecule has 1 atom stereocenters. The number of likely N-dealkylation sites (N-methyl/N-ethyl adjacent to an activating group) is 1. The topological polar surface area (TPSA) is 36.1 Å². The molecule has 5 heteroatoms. The maximum absolute atomic E-state index is 13.2. The van der Waals surface area contributed by atoms with Crippen molar-refractivity contribution in [2.45, 2.75) is 24.0 Å². The van der Waals surface area contributed by atoms with Gasteiger partial charge in [-0.1, -0.05) is 34.1 Å². The molecular formula is C20H19BrN2OS. The van der Waals surface area contributed by atoms with Crippen LogP contribution in [0, 0.1) is 0 Å². The Labute approximate surface area is 159 Å². The number of H-pyrrole nitrogens is 1. The Balaban J connectivity index is 1.97. The molecule has 0 bridgehead atoms. The van der Waals surface area contributed by atoms with Gasteiger partial charge in [-0.3, -0.25) is 4.79 Å². The van der Waals surface area contributed by atoms with Gasteiger partial charge in [0.25, 0.3) is 0 Å². The Kier molecular flexibility index (Phi) is 4.38. The number of carbonyl (C=O) groups excluding carboxylic acids is 1. The van der Waals surface area contributed by atoms with Crippen LogP contribution in [0.5, 0.6) is 0 Å². The second-order valence-corrected chi connectivity index (χ2v) is 8.17. The molecule has 1 amide bonds. The number of aromatic amines is 1. The number of aromatic nitrogens is 1. The van der Waals surface area contributed by atoms with Gasteiger partial charge in [-0.2, -0.15) is 0 Å². The van der Waals surface area contributed by atoms with Gasteiger partial charge in [-0.05, 0) is 38.1 Å². The monoisotopic (exact) mass is 414 g/mol. The molecule has 2 aromatic carbocycles. The zero-order valence-corrected chi connectivity index (χ0v) is 16.6. The van der Waals surface area contributed by atoms with Crippen LogP contribution in [-0.4, -0.2) is 28.9 Å². The van der Waals surface area contributed by atoms with Crippen LogP contribution in [0.25, 0.3) is 22.2 Å². The van der Waals surface area contributed by atoms with Crippen LogP contribution in [0.15, 0.2) is 51.8 Å². The Morgan fingerprint density at radius 2 is 1.96 bits per heavy atom. The van der Waals surface area contributed by atoms with Crippen molar-refractivity contribution < 1.29 is 4.79 Å². The van der Waals surface area contributed by atoms with E-state index in [9.17, 15) is 4.79 Å². The number of nitrogens with zero attached hydrogens (tertiary/aromatic N) is 1. The van der Waals surface area contributed by atoms with E-state index in [1.54, 1.807) is 11.8 Å². The third-order valence-corrected chi connectivity index (χ3v) is 6.54. The fourth-order valence-electron chi connectivity index (χ4n) is 3.51. The standard InChI is InChI=1S/C20H19BrN2OS/c1-3-23(4-2)20(24)19-17-14-11-12(21)9-10-15(14)22-18(17)13-7-5-6-8-16(13)25-19/h5-11,19,22H,3-4H2,1-2H3. The van der Waals surface area contributed by atoms with Crippen molar-refractivity contribution in [3.63, 3.8) is 0 Å². The molecule has 1 aromatic heterocycles. The lowest BCUT2D eigenvalue weighted by Crippen LogP contribution is -2.34. The fraction of sp³-hybridized carbons (Fsp3) is 0.250. The number of hydrogen-bond donors (Lipinski definition) is 1. The number of thioether (sulfide) groups is 1. The molecule has 25 heavy (non-hydrogen) atoms. The molecule has 0 aliphatic carbocycles. The van der Waals surface area contributed by atoms with E-state index in [0.29, 0.717) is 0 Å². The van der Waals surface area contributed by atoms with Crippen molar-refractivity contribution in [3.05, 3.63) is 52.5 Å². The van der Waals surface area contributed by atoms with Crippen LogP contribution in [0.3, 0.4) is 0 Å². The lowest BCUT2D eigenvalue weighted by molar-refractivity contribution is -0.130. The maximum atomic E-state index is 13.2. The van der Waals surface area contributed by atoms with E-state index in [0.717, 1.165) is 44.6 Å². The number of fused-ring (bicyclic) bond motifs is 5. The Morgan fingerprint density at radius 3 is 2.72 bits per heavy atom. The van der Waals surface area contributed by atoms with Crippen LogP contribution in [-0.2, 0) is 4.79 Å². The highest BCUT2D eigenvalue weighted by atomic mass is 79.9. The van der Waals surface area contributed by atoms with Crippen molar-refractivity contribution in [3.8, 4) is 11.3 Å². The highest BCUT2D eigenvalue weighted by molar-refractivity contribution is 9.10. The van der Waals surface area contributed by atoms with Gasteiger partial charge in [-0.15, -0.1) is 11.8 Å². The normalized spacial score (nSPS) is 15.7. The van der Waals surface area contributed by atoms with Gasteiger partial charge in [0.15, 0.2) is 0 Å². The van der Waals surface area contributed by atoms with E-state index in [4.69, 9.17) is 0 Å². The minimum atomic E-state index is -0.215. The molecule has 0 saturated heterocycles. The molecule has 128 valence electrons. The average molecular weight is 415 g/mol. The SMILES string of the molecule is CCN(CC)C(=O)C1Sc2ccccc2-c2[nH]c3ccc(Br)cc3c21. The zero-order chi connectivity index (χ0) is 17.6. The van der Waals surface area contributed by atoms with Crippen molar-refractivity contribution in [1.29, 1.82) is 0 Å². The molecule has 1 aliphatic heterocycles. The van der Waals surface area contributed by atoms with Gasteiger partial charge < -0.3 is 9.88 Å². The summed E-state index contributed by atoms with van der Waals surface area (Å²) in [6.07, 6.45) is 0. The van der Waals surface area contributed by atoms with Crippen molar-refractivity contribution in [2.24, 2.45) is 0 Å². The maximum Gasteiger partial charge on any atom is 0.240 e. The summed E-state index contributed by atoms with van der Waals surface area (Å²) in [6.45, 7) is 5.54. The molecular weight excluding hydrogens is 396 g/mol. The summed E-state index contributed by atoms with van der Waals surface area (Å²) in [6, 6.07) is 14.5. The second kappa shape index (κ2) is 6.54. The number of hydrogen-bond acceptors (Lipinski definition) is 2. The Morgan fingerprint density at radius 1 is 1.20 bits per heavy atom. The van der Waals surface area contributed by atoms with E-state index < -0.39 is 0 Å². The predicted octanol–water partition coefficient (Wildman–Crippen LogP) is 5.61. The number of rotatable bonds is 3. The van der Waals surface area contributed by atoms with E-state index in [1.807, 2.05) is 30.9 Å². The summed E-state index contributed by atoms with van der Waals surface area (Å²) in [5.41, 5.74) is 4.44. The zero-order valence-electron chi connectivity index (χ0n) is 14.2. The van der Waals surface area contributed by atoms with Gasteiger partial charge in [0.1, 0.15) is 5.25 Å². The smallest absolute Gasteiger partial charge is 0.240 e. The summed E-state index contributed by atoms with van der Waals surface area (Å²) < 4.78 is 1.03. The molecule has 0 fully saturated rings. The minimum Gasteiger partial charge on any atom is -0.354 e. The first kappa shape index (κ1) is 16.7. The summed E-state index contributed by atoms with van der Waals surface area (Å²) in [4.78, 5) is 19.9. The van der Waals surface area contributed by atoms with Crippen molar-refractivity contribution in [2.75, 3.05) is 13.1 Å². The fourth-order valence-corrected chi connectivity index (χ4v) is 5.19. The highest BCUT2D eigenvalue weighted by Crippen LogP contribution is 2.52. The van der Waals surface area contributed by atoms with E-state index in [2.05, 4.69) is 51.2 Å². The lowest BCUT2D eigenvalue weighted by atomic mass is 10.0. The first-order chi connectivity index (χ1) is 12.1. The second-order valence-electron chi connectivity index (χ2n) is 6.11. The summed E-state index contributed by atoms with van der Waals surface area (Å²) >= 11 is 5.24. The van der Waals surface area contributed by atoms with Gasteiger partial charge in [-0.25, -0.2) is 0 Å². The summed E-state index contributed by atoms with van der Waals surface area (Å²) in [5.74, 6) is 0.187. The number of halogens is 1. The van der Waals surface area contributed by atoms with Gasteiger partial charge in [0.2, 0.25) is 5.91 Å². The van der Waals surface area contributed by atoms with Gasteiger partial charge in [0, 0.05) is 44.5 Å². The van der Waals surface area contributed by atoms with Crippen LogP contribution in [0.2, 0.25) is 0 Å². The van der Waals surface area contributed by atoms with Crippen LogP contribution in [0.4, 0.5) is 0 Å². The minimum absolute atomic E-state index is 0.187. The third kappa shape index (κ3) is 2.70. The van der Waals surface area contributed by atoms with Crippen LogP contribution >= 0.6 is 27.7 Å². The summed E-state index contributed by atoms with van der Waals surface area (Å²) in [5, 5.41) is 0.907. The molecule has 0 saturated carbocycles. The molecule has 2 heterocycles. The first-order valence-electron chi connectivity index (χ1n) is 8.50. The molecule has 3 aromatic rings. The van der Waals surface area contributed by atoms with E-state index in [1.165, 1.54) is 5.56 Å². The highest BCUT2D eigenvalue weighted by Gasteiger charge is 2.35. The van der Waals surface area contributed by atoms with E-state index in [-0.39, 0.29) is 11.2 Å². The molecule has 1 unspecified atom stereocenters. The van der Waals surface area contributed by atoms with Crippen molar-refractivity contribution >= 4 is 44.5 Å². The third-order valence-electron chi connectivity index (χ3n) is 4.76. The number of carbonyl (C=O) groups is 1. The molecule has 1 aliphatic rings. The average Bonchev–Trinajstić information content (AvgIpc) is 3.01. The first-order valence-corrected chi connectivity index (χ1v) is 10.2. The van der Waals surface area contributed by atoms with Crippen LogP contribution < -0.4 is 0 Å². The lowest BCUT2D eigenvalue weighted by Gasteiger charge is -2.29. The van der Waals surface area contributed by atoms with E-state index >= 15 is 0 Å². The molecule has 3 nitrogen and oxygen atoms in total. The van der Waals surface area contributed by atoms with Crippen molar-refractivity contribution in [1.82, 2.24) is 9.88 Å². The molecule has 1 N–H and O–H groups in total. The predicted molar refractivity (Wildman–Crippen MR) is 108 cm³/mol. The Bertz CT molecular complexity index is 961. The Hall–Kier alpha value is -1.72. The van der Waals surface area contributed by atoms with Crippen LogP contribution in [0.1, 0.15) is 24.7 Å². The summed E-state index contributed by atoms with van der Waals surface area (Å²) in [7, 11) is 0. The molecule has 4 rings (SSSR count).